The quantitative estimate of drug-likeness (QED) is 0.854. The van der Waals surface area contributed by atoms with Crippen LogP contribution in [0.3, 0.4) is 0 Å². The molecule has 2 atom stereocenters. The van der Waals surface area contributed by atoms with E-state index in [2.05, 4.69) is 5.92 Å². The van der Waals surface area contributed by atoms with E-state index in [0.29, 0.717) is 13.0 Å². The molecule has 1 aliphatic rings. The third-order valence-corrected chi connectivity index (χ3v) is 3.27. The first-order valence-electron chi connectivity index (χ1n) is 6.39. The van der Waals surface area contributed by atoms with Gasteiger partial charge in [-0.15, -0.1) is 0 Å². The van der Waals surface area contributed by atoms with Crippen molar-refractivity contribution in [1.82, 2.24) is 4.90 Å². The van der Waals surface area contributed by atoms with Crippen LogP contribution in [-0.2, 0) is 16.1 Å². The largest absolute Gasteiger partial charge is 0.462 e. The molecule has 1 aromatic rings. The van der Waals surface area contributed by atoms with Crippen molar-refractivity contribution in [2.45, 2.75) is 25.2 Å². The normalized spacial score (nSPS) is 21.1. The number of amides is 1. The molecule has 1 aromatic carbocycles. The summed E-state index contributed by atoms with van der Waals surface area (Å²) >= 11 is 0. The first-order valence-corrected chi connectivity index (χ1v) is 6.39. The number of likely N-dealkylation sites (tertiary alicyclic amines) is 1. The molecule has 0 bridgehead atoms. The second-order valence-corrected chi connectivity index (χ2v) is 4.56. The van der Waals surface area contributed by atoms with Gasteiger partial charge in [-0.25, -0.2) is 4.79 Å². The second-order valence-electron chi connectivity index (χ2n) is 4.56. The molecule has 5 heteroatoms. The number of rotatable bonds is 3. The minimum Gasteiger partial charge on any atom is -0.462 e. The van der Waals surface area contributed by atoms with Crippen molar-refractivity contribution in [1.29, 1.82) is 0 Å². The van der Waals surface area contributed by atoms with Crippen molar-refractivity contribution >= 4 is 6.09 Å². The molecule has 0 saturated carbocycles. The van der Waals surface area contributed by atoms with Crippen LogP contribution in [0.1, 0.15) is 12.0 Å². The lowest BCUT2D eigenvalue weighted by Crippen LogP contribution is -2.35. The average molecular weight is 275 g/mol. The van der Waals surface area contributed by atoms with Crippen LogP contribution in [0, 0.1) is 12.0 Å². The maximum Gasteiger partial charge on any atom is 0.411 e. The lowest BCUT2D eigenvalue weighted by atomic mass is 10.2. The van der Waals surface area contributed by atoms with Crippen molar-refractivity contribution < 1.29 is 19.4 Å². The number of aliphatic hydroxyl groups excluding tert-OH is 1. The molecule has 2 rings (SSSR count). The number of ether oxygens (including phenoxy) is 2. The van der Waals surface area contributed by atoms with E-state index in [9.17, 15) is 4.79 Å². The van der Waals surface area contributed by atoms with Crippen molar-refractivity contribution in [2.24, 2.45) is 0 Å². The van der Waals surface area contributed by atoms with Crippen molar-refractivity contribution in [3.8, 4) is 12.0 Å². The first kappa shape index (κ1) is 14.2. The Morgan fingerprint density at radius 2 is 2.20 bits per heavy atom. The Morgan fingerprint density at radius 1 is 1.45 bits per heavy atom. The Bertz CT molecular complexity index is 506. The lowest BCUT2D eigenvalue weighted by Gasteiger charge is -2.19. The van der Waals surface area contributed by atoms with Gasteiger partial charge in [0.15, 0.2) is 0 Å². The Kier molecular flexibility index (Phi) is 4.85. The van der Waals surface area contributed by atoms with E-state index in [0.717, 1.165) is 5.56 Å². The van der Waals surface area contributed by atoms with Gasteiger partial charge in [0, 0.05) is 13.5 Å². The van der Waals surface area contributed by atoms with E-state index in [1.54, 1.807) is 7.11 Å². The highest BCUT2D eigenvalue weighted by molar-refractivity contribution is 5.69. The van der Waals surface area contributed by atoms with Gasteiger partial charge in [0.2, 0.25) is 0 Å². The first-order chi connectivity index (χ1) is 9.74. The topological polar surface area (TPSA) is 59.0 Å². The van der Waals surface area contributed by atoms with E-state index in [-0.39, 0.29) is 18.8 Å². The van der Waals surface area contributed by atoms with Crippen molar-refractivity contribution in [2.75, 3.05) is 13.7 Å². The van der Waals surface area contributed by atoms with Crippen molar-refractivity contribution in [3.05, 3.63) is 35.9 Å². The molecule has 20 heavy (non-hydrogen) atoms. The molecule has 0 radical (unpaired) electrons. The molecule has 1 aliphatic heterocycles. The average Bonchev–Trinajstić information content (AvgIpc) is 2.89. The van der Waals surface area contributed by atoms with Crippen molar-refractivity contribution in [3.63, 3.8) is 0 Å². The van der Waals surface area contributed by atoms with Gasteiger partial charge in [-0.05, 0) is 11.5 Å². The molecule has 1 heterocycles. The van der Waals surface area contributed by atoms with Gasteiger partial charge < -0.3 is 14.6 Å². The number of methoxy groups -OCH3 is 1. The molecule has 0 aliphatic carbocycles. The van der Waals surface area contributed by atoms with E-state index in [1.807, 2.05) is 36.4 Å². The van der Waals surface area contributed by atoms with E-state index in [4.69, 9.17) is 14.6 Å². The van der Waals surface area contributed by atoms with Gasteiger partial charge in [-0.2, -0.15) is 0 Å². The summed E-state index contributed by atoms with van der Waals surface area (Å²) in [4.78, 5) is 13.6. The maximum atomic E-state index is 12.1. The van der Waals surface area contributed by atoms with Gasteiger partial charge in [0.05, 0.1) is 12.6 Å². The monoisotopic (exact) mass is 275 g/mol. The van der Waals surface area contributed by atoms with E-state index >= 15 is 0 Å². The molecule has 1 amide bonds. The standard InChI is InChI=1S/C15H17NO4/c1-19-14-9-13(7-8-17)16(10-14)15(18)20-11-12-5-3-2-4-6-12/h2-6,13-14,17H,9-11H2,1H3/t13?,14-/m1/s1. The summed E-state index contributed by atoms with van der Waals surface area (Å²) in [5, 5.41) is 8.71. The molecule has 1 N–H and O–H groups in total. The van der Waals surface area contributed by atoms with Crippen LogP contribution in [0.25, 0.3) is 0 Å². The third-order valence-electron chi connectivity index (χ3n) is 3.27. The summed E-state index contributed by atoms with van der Waals surface area (Å²) in [6.45, 7) is 0.635. The zero-order valence-corrected chi connectivity index (χ0v) is 11.3. The van der Waals surface area contributed by atoms with Gasteiger partial charge in [-0.1, -0.05) is 30.3 Å². The molecular weight excluding hydrogens is 258 g/mol. The third kappa shape index (κ3) is 3.43. The van der Waals surface area contributed by atoms with Crippen LogP contribution >= 0.6 is 0 Å². The highest BCUT2D eigenvalue weighted by atomic mass is 16.6. The summed E-state index contributed by atoms with van der Waals surface area (Å²) in [6, 6.07) is 9.09. The number of aliphatic hydroxyl groups is 1. The molecule has 1 fully saturated rings. The number of carbonyl (C=O) groups is 1. The smallest absolute Gasteiger partial charge is 0.411 e. The summed E-state index contributed by atoms with van der Waals surface area (Å²) in [5.41, 5.74) is 0.924. The van der Waals surface area contributed by atoms with Crippen LogP contribution in [0.15, 0.2) is 30.3 Å². The predicted molar refractivity (Wildman–Crippen MR) is 72.2 cm³/mol. The molecule has 1 unspecified atom stereocenters. The lowest BCUT2D eigenvalue weighted by molar-refractivity contribution is 0.0827. The Morgan fingerprint density at radius 3 is 2.85 bits per heavy atom. The number of carbonyl (C=O) groups excluding carboxylic acids is 1. The van der Waals surface area contributed by atoms with E-state index < -0.39 is 6.09 Å². The number of hydrogen-bond acceptors (Lipinski definition) is 4. The van der Waals surface area contributed by atoms with Crippen LogP contribution in [0.2, 0.25) is 0 Å². The fraction of sp³-hybridized carbons (Fsp3) is 0.400. The minimum atomic E-state index is -0.443. The highest BCUT2D eigenvalue weighted by Gasteiger charge is 2.35. The Labute approximate surface area is 118 Å². The SMILES string of the molecule is CO[C@@H]1CC(C#CO)N(C(=O)OCc2ccccc2)C1. The fourth-order valence-electron chi connectivity index (χ4n) is 2.18. The number of hydrogen-bond donors (Lipinski definition) is 1. The highest BCUT2D eigenvalue weighted by Crippen LogP contribution is 2.20. The maximum absolute atomic E-state index is 12.1. The Hall–Kier alpha value is -2.19. The fourth-order valence-corrected chi connectivity index (χ4v) is 2.18. The van der Waals surface area contributed by atoms with Crippen LogP contribution in [-0.4, -0.2) is 41.9 Å². The molecule has 1 saturated heterocycles. The number of benzene rings is 1. The molecule has 106 valence electrons. The number of nitrogens with zero attached hydrogens (tertiary/aromatic N) is 1. The van der Waals surface area contributed by atoms with E-state index in [1.165, 1.54) is 4.90 Å². The molecule has 0 aromatic heterocycles. The van der Waals surface area contributed by atoms with Gasteiger partial charge in [0.25, 0.3) is 0 Å². The van der Waals surface area contributed by atoms with Crippen LogP contribution in [0.4, 0.5) is 4.79 Å². The predicted octanol–water partition coefficient (Wildman–Crippen LogP) is 1.75. The zero-order chi connectivity index (χ0) is 14.4. The van der Waals surface area contributed by atoms with Crippen LogP contribution in [0.5, 0.6) is 0 Å². The van der Waals surface area contributed by atoms with Gasteiger partial charge in [0.1, 0.15) is 18.8 Å². The minimum absolute atomic E-state index is 0.0786. The Balaban J connectivity index is 1.94. The molecule has 0 spiro atoms. The van der Waals surface area contributed by atoms with Gasteiger partial charge >= 0.3 is 6.09 Å². The summed E-state index contributed by atoms with van der Waals surface area (Å²) in [6.07, 6.45) is 1.91. The zero-order valence-electron chi connectivity index (χ0n) is 11.3. The van der Waals surface area contributed by atoms with Crippen LogP contribution < -0.4 is 0 Å². The van der Waals surface area contributed by atoms with Gasteiger partial charge in [-0.3, -0.25) is 4.90 Å². The molecular formula is C15H17NO4. The molecule has 5 nitrogen and oxygen atoms in total. The second kappa shape index (κ2) is 6.83. The summed E-state index contributed by atoms with van der Waals surface area (Å²) in [7, 11) is 1.59. The summed E-state index contributed by atoms with van der Waals surface area (Å²) < 4.78 is 10.5. The summed E-state index contributed by atoms with van der Waals surface area (Å²) in [5.74, 6) is 2.59.